The Morgan fingerprint density at radius 2 is 2.30 bits per heavy atom. The van der Waals surface area contributed by atoms with Gasteiger partial charge in [-0.15, -0.1) is 16.4 Å². The third-order valence-electron chi connectivity index (χ3n) is 5.17. The van der Waals surface area contributed by atoms with Gasteiger partial charge in [-0.1, -0.05) is 0 Å². The Bertz CT molecular complexity index is 677. The van der Waals surface area contributed by atoms with E-state index in [-0.39, 0.29) is 5.91 Å². The molecule has 6 nitrogen and oxygen atoms in total. The van der Waals surface area contributed by atoms with Crippen LogP contribution in [-0.4, -0.2) is 52.2 Å². The first-order valence-electron chi connectivity index (χ1n) is 7.92. The molecule has 0 spiro atoms. The number of aromatic nitrogens is 3. The molecule has 1 amide bonds. The van der Waals surface area contributed by atoms with Crippen LogP contribution in [0.3, 0.4) is 0 Å². The van der Waals surface area contributed by atoms with Gasteiger partial charge in [-0.05, 0) is 30.9 Å². The molecule has 1 aliphatic heterocycles. The van der Waals surface area contributed by atoms with Crippen LogP contribution in [0.5, 0.6) is 0 Å². The van der Waals surface area contributed by atoms with Crippen molar-refractivity contribution < 1.29 is 4.79 Å². The zero-order valence-corrected chi connectivity index (χ0v) is 13.8. The molecule has 2 fully saturated rings. The summed E-state index contributed by atoms with van der Waals surface area (Å²) in [6, 6.07) is 4.33. The maximum atomic E-state index is 12.5. The Labute approximate surface area is 139 Å². The van der Waals surface area contributed by atoms with E-state index in [9.17, 15) is 4.79 Å². The molecule has 4 rings (SSSR count). The van der Waals surface area contributed by atoms with Gasteiger partial charge < -0.3 is 9.80 Å². The summed E-state index contributed by atoms with van der Waals surface area (Å²) in [7, 11) is 2.09. The maximum Gasteiger partial charge on any atom is 0.273 e. The number of fused-ring (bicyclic) bond motifs is 1. The van der Waals surface area contributed by atoms with E-state index < -0.39 is 0 Å². The second-order valence-corrected chi connectivity index (χ2v) is 7.06. The van der Waals surface area contributed by atoms with Gasteiger partial charge in [0.2, 0.25) is 0 Å². The highest BCUT2D eigenvalue weighted by Gasteiger charge is 2.46. The standard InChI is InChI=1S/C16H19N5OS/c1-20(15-3-2-6-18-19-15)14-5-4-11-7-21(8-12(11)14)16(22)13-9-23-10-17-13/h2-3,6,9-12,14H,4-5,7-8H2,1H3/t11-,12+,14-/m1/s1. The summed E-state index contributed by atoms with van der Waals surface area (Å²) >= 11 is 1.47. The summed E-state index contributed by atoms with van der Waals surface area (Å²) in [5.41, 5.74) is 2.29. The topological polar surface area (TPSA) is 62.2 Å². The molecule has 2 aromatic heterocycles. The van der Waals surface area contributed by atoms with Crippen molar-refractivity contribution in [2.75, 3.05) is 25.0 Å². The molecule has 0 radical (unpaired) electrons. The molecular weight excluding hydrogens is 310 g/mol. The average molecular weight is 329 g/mol. The van der Waals surface area contributed by atoms with Gasteiger partial charge in [0.1, 0.15) is 5.69 Å². The summed E-state index contributed by atoms with van der Waals surface area (Å²) < 4.78 is 0. The number of thiazole rings is 1. The van der Waals surface area contributed by atoms with Gasteiger partial charge in [0, 0.05) is 43.7 Å². The van der Waals surface area contributed by atoms with E-state index in [1.165, 1.54) is 17.8 Å². The van der Waals surface area contributed by atoms with Gasteiger partial charge in [0.25, 0.3) is 5.91 Å². The number of hydrogen-bond donors (Lipinski definition) is 0. The van der Waals surface area contributed by atoms with Crippen molar-refractivity contribution in [1.82, 2.24) is 20.1 Å². The summed E-state index contributed by atoms with van der Waals surface area (Å²) in [6.45, 7) is 1.67. The minimum absolute atomic E-state index is 0.0709. The van der Waals surface area contributed by atoms with Crippen LogP contribution in [0, 0.1) is 11.8 Å². The van der Waals surface area contributed by atoms with Crippen molar-refractivity contribution in [3.8, 4) is 0 Å². The zero-order valence-electron chi connectivity index (χ0n) is 13.0. The molecule has 7 heteroatoms. The Morgan fingerprint density at radius 3 is 3.04 bits per heavy atom. The van der Waals surface area contributed by atoms with Crippen molar-refractivity contribution in [2.45, 2.75) is 18.9 Å². The first-order valence-corrected chi connectivity index (χ1v) is 8.86. The molecule has 1 saturated carbocycles. The lowest BCUT2D eigenvalue weighted by Crippen LogP contribution is -2.39. The Balaban J connectivity index is 1.48. The van der Waals surface area contributed by atoms with Crippen LogP contribution in [0.15, 0.2) is 29.2 Å². The van der Waals surface area contributed by atoms with Gasteiger partial charge in [0.05, 0.1) is 5.51 Å². The van der Waals surface area contributed by atoms with Crippen LogP contribution >= 0.6 is 11.3 Å². The number of rotatable bonds is 3. The van der Waals surface area contributed by atoms with Crippen molar-refractivity contribution in [3.63, 3.8) is 0 Å². The van der Waals surface area contributed by atoms with Gasteiger partial charge in [-0.2, -0.15) is 5.10 Å². The minimum Gasteiger partial charge on any atom is -0.355 e. The molecule has 0 N–H and O–H groups in total. The highest BCUT2D eigenvalue weighted by Crippen LogP contribution is 2.41. The van der Waals surface area contributed by atoms with E-state index in [0.717, 1.165) is 25.3 Å². The fraction of sp³-hybridized carbons (Fsp3) is 0.500. The van der Waals surface area contributed by atoms with E-state index in [2.05, 4.69) is 27.1 Å². The van der Waals surface area contributed by atoms with Gasteiger partial charge in [-0.3, -0.25) is 4.79 Å². The van der Waals surface area contributed by atoms with Gasteiger partial charge in [0.15, 0.2) is 5.82 Å². The number of carbonyl (C=O) groups is 1. The fourth-order valence-corrected chi connectivity index (χ4v) is 4.54. The van der Waals surface area contributed by atoms with E-state index >= 15 is 0 Å². The SMILES string of the molecule is CN(c1cccnn1)[C@@H]1CC[C@@H]2CN(C(=O)c3cscn3)C[C@@H]21. The lowest BCUT2D eigenvalue weighted by molar-refractivity contribution is 0.0774. The smallest absolute Gasteiger partial charge is 0.273 e. The normalized spacial score (nSPS) is 26.3. The lowest BCUT2D eigenvalue weighted by atomic mass is 9.97. The van der Waals surface area contributed by atoms with Crippen molar-refractivity contribution in [3.05, 3.63) is 34.9 Å². The Morgan fingerprint density at radius 1 is 1.39 bits per heavy atom. The lowest BCUT2D eigenvalue weighted by Gasteiger charge is -2.30. The molecule has 120 valence electrons. The molecule has 2 aromatic rings. The number of likely N-dealkylation sites (tertiary alicyclic amines) is 1. The first kappa shape index (κ1) is 14.6. The zero-order chi connectivity index (χ0) is 15.8. The predicted molar refractivity (Wildman–Crippen MR) is 88.5 cm³/mol. The Hall–Kier alpha value is -2.02. The number of hydrogen-bond acceptors (Lipinski definition) is 6. The van der Waals surface area contributed by atoms with Crippen LogP contribution in [0.25, 0.3) is 0 Å². The molecule has 3 heterocycles. The molecule has 1 saturated heterocycles. The molecule has 0 bridgehead atoms. The molecule has 0 aromatic carbocycles. The van der Waals surface area contributed by atoms with Gasteiger partial charge in [-0.25, -0.2) is 4.98 Å². The number of amides is 1. The highest BCUT2D eigenvalue weighted by atomic mass is 32.1. The van der Waals surface area contributed by atoms with Crippen molar-refractivity contribution in [1.29, 1.82) is 0 Å². The van der Waals surface area contributed by atoms with Gasteiger partial charge >= 0.3 is 0 Å². The van der Waals surface area contributed by atoms with Crippen LogP contribution in [-0.2, 0) is 0 Å². The van der Waals surface area contributed by atoms with E-state index in [0.29, 0.717) is 23.6 Å². The largest absolute Gasteiger partial charge is 0.355 e. The number of nitrogens with zero attached hydrogens (tertiary/aromatic N) is 5. The van der Waals surface area contributed by atoms with Crippen molar-refractivity contribution in [2.24, 2.45) is 11.8 Å². The molecule has 23 heavy (non-hydrogen) atoms. The number of anilines is 1. The third kappa shape index (κ3) is 2.59. The average Bonchev–Trinajstić information content (AvgIpc) is 3.30. The van der Waals surface area contributed by atoms with Crippen LogP contribution in [0.4, 0.5) is 5.82 Å². The first-order chi connectivity index (χ1) is 11.2. The maximum absolute atomic E-state index is 12.5. The highest BCUT2D eigenvalue weighted by molar-refractivity contribution is 7.07. The van der Waals surface area contributed by atoms with Crippen LogP contribution in [0.2, 0.25) is 0 Å². The third-order valence-corrected chi connectivity index (χ3v) is 5.76. The van der Waals surface area contributed by atoms with E-state index in [1.54, 1.807) is 11.7 Å². The van der Waals surface area contributed by atoms with Crippen LogP contribution in [0.1, 0.15) is 23.3 Å². The summed E-state index contributed by atoms with van der Waals surface area (Å²) in [4.78, 5) is 20.9. The Kier molecular flexibility index (Phi) is 3.72. The van der Waals surface area contributed by atoms with E-state index in [1.807, 2.05) is 22.4 Å². The van der Waals surface area contributed by atoms with Crippen LogP contribution < -0.4 is 4.90 Å². The van der Waals surface area contributed by atoms with Crippen molar-refractivity contribution >= 4 is 23.1 Å². The monoisotopic (exact) mass is 329 g/mol. The fourth-order valence-electron chi connectivity index (χ4n) is 4.01. The second-order valence-electron chi connectivity index (χ2n) is 6.35. The summed E-state index contributed by atoms with van der Waals surface area (Å²) in [6.07, 6.45) is 4.01. The molecule has 0 unspecified atom stereocenters. The summed E-state index contributed by atoms with van der Waals surface area (Å²) in [5.74, 6) is 2.07. The molecule has 3 atom stereocenters. The number of carbonyl (C=O) groups excluding carboxylic acids is 1. The predicted octanol–water partition coefficient (Wildman–Crippen LogP) is 1.92. The second kappa shape index (κ2) is 5.88. The molecule has 1 aliphatic carbocycles. The molecule has 2 aliphatic rings. The summed E-state index contributed by atoms with van der Waals surface area (Å²) in [5, 5.41) is 10.0. The minimum atomic E-state index is 0.0709. The quantitative estimate of drug-likeness (QED) is 0.861. The molecular formula is C16H19N5OS. The van der Waals surface area contributed by atoms with E-state index in [4.69, 9.17) is 0 Å².